The highest BCUT2D eigenvalue weighted by atomic mass is 35.5. The first kappa shape index (κ1) is 16.9. The summed E-state index contributed by atoms with van der Waals surface area (Å²) < 4.78 is 5.35. The monoisotopic (exact) mass is 348 g/mol. The number of hydrogen-bond acceptors (Lipinski definition) is 5. The number of nitrogens with zero attached hydrogens (tertiary/aromatic N) is 4. The van der Waals surface area contributed by atoms with Gasteiger partial charge in [-0.25, -0.2) is 0 Å². The van der Waals surface area contributed by atoms with Gasteiger partial charge < -0.3 is 9.42 Å². The van der Waals surface area contributed by atoms with E-state index in [1.54, 1.807) is 4.90 Å². The van der Waals surface area contributed by atoms with Gasteiger partial charge in [0.15, 0.2) is 0 Å². The van der Waals surface area contributed by atoms with Gasteiger partial charge in [0.05, 0.1) is 6.54 Å². The Kier molecular flexibility index (Phi) is 5.16. The molecule has 1 aromatic carbocycles. The zero-order chi connectivity index (χ0) is 17.1. The lowest BCUT2D eigenvalue weighted by Crippen LogP contribution is -2.39. The van der Waals surface area contributed by atoms with Gasteiger partial charge in [0.2, 0.25) is 17.6 Å². The predicted molar refractivity (Wildman–Crippen MR) is 91.4 cm³/mol. The molecule has 7 heteroatoms. The summed E-state index contributed by atoms with van der Waals surface area (Å²) in [5.74, 6) is 1.48. The number of carbonyl (C=O) groups excluding carboxylic acids is 1. The van der Waals surface area contributed by atoms with E-state index in [0.29, 0.717) is 23.3 Å². The third kappa shape index (κ3) is 3.94. The van der Waals surface area contributed by atoms with E-state index in [1.165, 1.54) is 0 Å². The third-order valence-electron chi connectivity index (χ3n) is 4.29. The summed E-state index contributed by atoms with van der Waals surface area (Å²) in [5, 5.41) is 4.67. The third-order valence-corrected chi connectivity index (χ3v) is 4.52. The first-order valence-corrected chi connectivity index (χ1v) is 8.43. The molecule has 1 aliphatic heterocycles. The quantitative estimate of drug-likeness (QED) is 0.850. The molecule has 0 spiro atoms. The molecule has 0 unspecified atom stereocenters. The van der Waals surface area contributed by atoms with Crippen LogP contribution in [0.4, 0.5) is 0 Å². The first-order valence-electron chi connectivity index (χ1n) is 8.05. The number of piperidine rings is 1. The molecule has 0 radical (unpaired) electrons. The fraction of sp³-hybridized carbons (Fsp3) is 0.471. The van der Waals surface area contributed by atoms with Crippen LogP contribution in [-0.4, -0.2) is 53.0 Å². The SMILES string of the molecule is CN(C)C(=O)C1CCN(Cc2nc(-c3cccc(Cl)c3)no2)CC1. The maximum atomic E-state index is 12.0. The second kappa shape index (κ2) is 7.32. The molecule has 128 valence electrons. The average molecular weight is 349 g/mol. The molecule has 1 saturated heterocycles. The minimum absolute atomic E-state index is 0.126. The number of amides is 1. The van der Waals surface area contributed by atoms with Crippen LogP contribution in [0.5, 0.6) is 0 Å². The summed E-state index contributed by atoms with van der Waals surface area (Å²) in [7, 11) is 3.62. The number of carbonyl (C=O) groups is 1. The first-order chi connectivity index (χ1) is 11.5. The van der Waals surface area contributed by atoms with Crippen molar-refractivity contribution in [2.75, 3.05) is 27.2 Å². The van der Waals surface area contributed by atoms with E-state index in [-0.39, 0.29) is 11.8 Å². The van der Waals surface area contributed by atoms with Crippen molar-refractivity contribution in [3.05, 3.63) is 35.2 Å². The number of hydrogen-bond donors (Lipinski definition) is 0. The minimum atomic E-state index is 0.126. The smallest absolute Gasteiger partial charge is 0.241 e. The topological polar surface area (TPSA) is 62.5 Å². The van der Waals surface area contributed by atoms with E-state index < -0.39 is 0 Å². The number of rotatable bonds is 4. The Hall–Kier alpha value is -1.92. The van der Waals surface area contributed by atoms with Crippen LogP contribution in [0.3, 0.4) is 0 Å². The molecule has 0 atom stereocenters. The second-order valence-electron chi connectivity index (χ2n) is 6.31. The minimum Gasteiger partial charge on any atom is -0.349 e. The molecule has 0 aliphatic carbocycles. The van der Waals surface area contributed by atoms with Crippen molar-refractivity contribution in [3.8, 4) is 11.4 Å². The number of benzene rings is 1. The largest absolute Gasteiger partial charge is 0.349 e. The van der Waals surface area contributed by atoms with Gasteiger partial charge in [0.1, 0.15) is 0 Å². The van der Waals surface area contributed by atoms with Crippen molar-refractivity contribution in [1.82, 2.24) is 19.9 Å². The average Bonchev–Trinajstić information content (AvgIpc) is 3.03. The van der Waals surface area contributed by atoms with Gasteiger partial charge in [0.25, 0.3) is 0 Å². The highest BCUT2D eigenvalue weighted by Gasteiger charge is 2.26. The van der Waals surface area contributed by atoms with Crippen LogP contribution in [0.15, 0.2) is 28.8 Å². The van der Waals surface area contributed by atoms with Gasteiger partial charge in [-0.15, -0.1) is 0 Å². The normalized spacial score (nSPS) is 16.3. The van der Waals surface area contributed by atoms with Crippen molar-refractivity contribution in [2.24, 2.45) is 5.92 Å². The highest BCUT2D eigenvalue weighted by molar-refractivity contribution is 6.30. The van der Waals surface area contributed by atoms with Crippen molar-refractivity contribution in [1.29, 1.82) is 0 Å². The molecule has 1 amide bonds. The molecule has 3 rings (SSSR count). The molecule has 0 saturated carbocycles. The van der Waals surface area contributed by atoms with Crippen molar-refractivity contribution in [3.63, 3.8) is 0 Å². The Morgan fingerprint density at radius 3 is 2.79 bits per heavy atom. The summed E-state index contributed by atoms with van der Waals surface area (Å²) in [6.45, 7) is 2.33. The van der Waals surface area contributed by atoms with Gasteiger partial charge in [-0.1, -0.05) is 28.9 Å². The van der Waals surface area contributed by atoms with E-state index in [1.807, 2.05) is 38.4 Å². The zero-order valence-corrected chi connectivity index (χ0v) is 14.7. The van der Waals surface area contributed by atoms with Gasteiger partial charge in [-0.3, -0.25) is 9.69 Å². The standard InChI is InChI=1S/C17H21ClN4O2/c1-21(2)17(23)12-6-8-22(9-7-12)11-15-19-16(20-24-15)13-4-3-5-14(18)10-13/h3-5,10,12H,6-9,11H2,1-2H3. The van der Waals surface area contributed by atoms with Crippen LogP contribution in [-0.2, 0) is 11.3 Å². The molecule has 2 heterocycles. The van der Waals surface area contributed by atoms with E-state index in [2.05, 4.69) is 15.0 Å². The maximum Gasteiger partial charge on any atom is 0.241 e. The molecule has 0 bridgehead atoms. The molecule has 1 fully saturated rings. The van der Waals surface area contributed by atoms with Crippen LogP contribution in [0, 0.1) is 5.92 Å². The van der Waals surface area contributed by atoms with E-state index in [9.17, 15) is 4.79 Å². The second-order valence-corrected chi connectivity index (χ2v) is 6.74. The van der Waals surface area contributed by atoms with Crippen LogP contribution >= 0.6 is 11.6 Å². The number of aromatic nitrogens is 2. The lowest BCUT2D eigenvalue weighted by Gasteiger charge is -2.31. The van der Waals surface area contributed by atoms with E-state index >= 15 is 0 Å². The zero-order valence-electron chi connectivity index (χ0n) is 13.9. The summed E-state index contributed by atoms with van der Waals surface area (Å²) in [6, 6.07) is 7.39. The highest BCUT2D eigenvalue weighted by Crippen LogP contribution is 2.22. The van der Waals surface area contributed by atoms with Gasteiger partial charge in [0, 0.05) is 30.6 Å². The molecular weight excluding hydrogens is 328 g/mol. The summed E-state index contributed by atoms with van der Waals surface area (Å²) in [6.07, 6.45) is 1.73. The Morgan fingerprint density at radius 2 is 2.12 bits per heavy atom. The molecule has 2 aromatic rings. The maximum absolute atomic E-state index is 12.0. The van der Waals surface area contributed by atoms with Crippen molar-refractivity contribution < 1.29 is 9.32 Å². The fourth-order valence-electron chi connectivity index (χ4n) is 2.96. The summed E-state index contributed by atoms with van der Waals surface area (Å²) in [5.41, 5.74) is 0.841. The van der Waals surface area contributed by atoms with E-state index in [0.717, 1.165) is 31.5 Å². The Bertz CT molecular complexity index is 708. The van der Waals surface area contributed by atoms with Gasteiger partial charge in [-0.2, -0.15) is 4.98 Å². The molecular formula is C17H21ClN4O2. The summed E-state index contributed by atoms with van der Waals surface area (Å²) in [4.78, 5) is 20.4. The molecule has 24 heavy (non-hydrogen) atoms. The van der Waals surface area contributed by atoms with Crippen molar-refractivity contribution >= 4 is 17.5 Å². The van der Waals surface area contributed by atoms with Crippen LogP contribution < -0.4 is 0 Å². The lowest BCUT2D eigenvalue weighted by atomic mass is 9.95. The fourth-order valence-corrected chi connectivity index (χ4v) is 3.15. The van der Waals surface area contributed by atoms with Gasteiger partial charge >= 0.3 is 0 Å². The van der Waals surface area contributed by atoms with Crippen LogP contribution in [0.1, 0.15) is 18.7 Å². The summed E-state index contributed by atoms with van der Waals surface area (Å²) >= 11 is 5.99. The molecule has 1 aromatic heterocycles. The Balaban J connectivity index is 1.57. The molecule has 0 N–H and O–H groups in total. The van der Waals surface area contributed by atoms with E-state index in [4.69, 9.17) is 16.1 Å². The lowest BCUT2D eigenvalue weighted by molar-refractivity contribution is -0.134. The molecule has 6 nitrogen and oxygen atoms in total. The predicted octanol–water partition coefficient (Wildman–Crippen LogP) is 2.69. The van der Waals surface area contributed by atoms with Gasteiger partial charge in [-0.05, 0) is 38.1 Å². The van der Waals surface area contributed by atoms with Crippen molar-refractivity contribution in [2.45, 2.75) is 19.4 Å². The number of halogens is 1. The van der Waals surface area contributed by atoms with Crippen LogP contribution in [0.25, 0.3) is 11.4 Å². The Morgan fingerprint density at radius 1 is 1.38 bits per heavy atom. The Labute approximate surface area is 146 Å². The number of likely N-dealkylation sites (tertiary alicyclic amines) is 1. The van der Waals surface area contributed by atoms with Crippen LogP contribution in [0.2, 0.25) is 5.02 Å². The molecule has 1 aliphatic rings.